The van der Waals surface area contributed by atoms with Gasteiger partial charge in [0.1, 0.15) is 5.67 Å². The van der Waals surface area contributed by atoms with E-state index in [9.17, 15) is 17.6 Å². The number of benzene rings is 2. The average molecular weight is 409 g/mol. The molecule has 0 aliphatic heterocycles. The molecule has 1 aromatic heterocycles. The van der Waals surface area contributed by atoms with Crippen LogP contribution >= 0.6 is 0 Å². The Hall–Kier alpha value is -3.01. The van der Waals surface area contributed by atoms with E-state index in [0.717, 1.165) is 10.5 Å². The second-order valence-electron chi connectivity index (χ2n) is 6.72. The third kappa shape index (κ3) is 5.74. The van der Waals surface area contributed by atoms with Crippen molar-refractivity contribution in [3.8, 4) is 11.4 Å². The molecule has 0 bridgehead atoms. The molecule has 0 amide bonds. The molecule has 0 spiro atoms. The van der Waals surface area contributed by atoms with Crippen molar-refractivity contribution in [1.29, 1.82) is 0 Å². The lowest BCUT2D eigenvalue weighted by Gasteiger charge is -2.16. The summed E-state index contributed by atoms with van der Waals surface area (Å²) in [7, 11) is 0. The largest absolute Gasteiger partial charge is 0.522 e. The van der Waals surface area contributed by atoms with Crippen LogP contribution < -0.4 is 5.32 Å². The predicted molar refractivity (Wildman–Crippen MR) is 99.1 cm³/mol. The number of ether oxygens (including phenoxy) is 1. The van der Waals surface area contributed by atoms with Gasteiger partial charge in [-0.2, -0.15) is 4.80 Å². The summed E-state index contributed by atoms with van der Waals surface area (Å²) in [5, 5.41) is 15.0. The molecule has 0 saturated carbocycles. The number of tetrazole rings is 1. The summed E-state index contributed by atoms with van der Waals surface area (Å²) in [6.07, 6.45) is -4.70. The van der Waals surface area contributed by atoms with Crippen molar-refractivity contribution in [3.63, 3.8) is 0 Å². The highest BCUT2D eigenvalue weighted by molar-refractivity contribution is 5.77. The monoisotopic (exact) mass is 409 g/mol. The molecular weight excluding hydrogens is 390 g/mol. The fourth-order valence-corrected chi connectivity index (χ4v) is 2.58. The lowest BCUT2D eigenvalue weighted by molar-refractivity contribution is -0.325. The summed E-state index contributed by atoms with van der Waals surface area (Å²) < 4.78 is 53.9. The Bertz CT molecular complexity index is 948. The van der Waals surface area contributed by atoms with E-state index >= 15 is 0 Å². The number of anilines is 2. The number of nitrogens with zero attached hydrogens (tertiary/aromatic N) is 4. The number of rotatable bonds is 7. The van der Waals surface area contributed by atoms with Gasteiger partial charge in [0.05, 0.1) is 13.2 Å². The molecule has 29 heavy (non-hydrogen) atoms. The number of alkyl halides is 4. The van der Waals surface area contributed by atoms with Crippen LogP contribution in [-0.2, 0) is 17.0 Å². The topological polar surface area (TPSA) is 64.9 Å². The molecule has 0 saturated heterocycles. The van der Waals surface area contributed by atoms with E-state index in [1.807, 2.05) is 6.07 Å². The first-order valence-corrected chi connectivity index (χ1v) is 8.76. The van der Waals surface area contributed by atoms with E-state index in [0.29, 0.717) is 16.8 Å². The molecule has 10 heteroatoms. The van der Waals surface area contributed by atoms with Crippen molar-refractivity contribution in [1.82, 2.24) is 20.2 Å². The fourth-order valence-electron chi connectivity index (χ4n) is 2.58. The molecule has 0 aliphatic carbocycles. The molecule has 0 unspecified atom stereocenters. The molecule has 1 heterocycles. The van der Waals surface area contributed by atoms with Gasteiger partial charge < -0.3 is 5.32 Å². The van der Waals surface area contributed by atoms with Crippen LogP contribution in [0.5, 0.6) is 0 Å². The Morgan fingerprint density at radius 2 is 1.69 bits per heavy atom. The van der Waals surface area contributed by atoms with Gasteiger partial charge in [0.25, 0.3) is 0 Å². The SMILES string of the molecule is CC(C)(F)c1ccc(Nc2ccccc2-c2nnn(CCOC(F)(F)F)n2)cc1. The van der Waals surface area contributed by atoms with Crippen LogP contribution in [0.2, 0.25) is 0 Å². The Morgan fingerprint density at radius 1 is 1.00 bits per heavy atom. The molecule has 0 radical (unpaired) electrons. The maximum Gasteiger partial charge on any atom is 0.522 e. The second kappa shape index (κ2) is 8.16. The number of aromatic nitrogens is 4. The Balaban J connectivity index is 1.74. The first-order valence-electron chi connectivity index (χ1n) is 8.76. The summed E-state index contributed by atoms with van der Waals surface area (Å²) in [4.78, 5) is 1.04. The molecule has 0 fully saturated rings. The first-order chi connectivity index (χ1) is 13.6. The fraction of sp³-hybridized carbons (Fsp3) is 0.316. The van der Waals surface area contributed by atoms with Gasteiger partial charge >= 0.3 is 6.36 Å². The maximum absolute atomic E-state index is 14.0. The quantitative estimate of drug-likeness (QED) is 0.567. The molecule has 154 valence electrons. The minimum atomic E-state index is -4.70. The normalized spacial score (nSPS) is 12.2. The zero-order valence-electron chi connectivity index (χ0n) is 15.7. The minimum absolute atomic E-state index is 0.192. The number of hydrogen-bond donors (Lipinski definition) is 1. The van der Waals surface area contributed by atoms with Gasteiger partial charge in [-0.1, -0.05) is 24.3 Å². The summed E-state index contributed by atoms with van der Waals surface area (Å²) in [5.41, 5.74) is 1.14. The highest BCUT2D eigenvalue weighted by atomic mass is 19.4. The molecule has 3 rings (SSSR count). The number of nitrogens with one attached hydrogen (secondary N) is 1. The van der Waals surface area contributed by atoms with E-state index in [1.165, 1.54) is 13.8 Å². The van der Waals surface area contributed by atoms with Crippen LogP contribution in [0.25, 0.3) is 11.4 Å². The van der Waals surface area contributed by atoms with Gasteiger partial charge in [0.15, 0.2) is 0 Å². The van der Waals surface area contributed by atoms with Crippen molar-refractivity contribution in [2.24, 2.45) is 0 Å². The standard InChI is InChI=1S/C19H19F4N5O/c1-18(2,20)13-7-9-14(10-8-13)24-16-6-4-3-5-15(16)17-25-27-28(26-17)11-12-29-19(21,22)23/h3-10,24H,11-12H2,1-2H3. The predicted octanol–water partition coefficient (Wildman–Crippen LogP) is 4.82. The zero-order valence-corrected chi connectivity index (χ0v) is 15.7. The second-order valence-corrected chi connectivity index (χ2v) is 6.72. The van der Waals surface area contributed by atoms with Gasteiger partial charge in [0.2, 0.25) is 5.82 Å². The van der Waals surface area contributed by atoms with Crippen LogP contribution in [0, 0.1) is 0 Å². The Kier molecular flexibility index (Phi) is 5.83. The van der Waals surface area contributed by atoms with Crippen LogP contribution in [-0.4, -0.2) is 33.2 Å². The molecular formula is C19H19F4N5O. The molecule has 2 aromatic carbocycles. The van der Waals surface area contributed by atoms with E-state index in [4.69, 9.17) is 0 Å². The number of hydrogen-bond acceptors (Lipinski definition) is 5. The van der Waals surface area contributed by atoms with Crippen molar-refractivity contribution >= 4 is 11.4 Å². The Morgan fingerprint density at radius 3 is 2.34 bits per heavy atom. The molecule has 0 aliphatic rings. The van der Waals surface area contributed by atoms with Crippen molar-refractivity contribution in [2.75, 3.05) is 11.9 Å². The van der Waals surface area contributed by atoms with Crippen LogP contribution in [0.3, 0.4) is 0 Å². The van der Waals surface area contributed by atoms with E-state index < -0.39 is 18.6 Å². The maximum atomic E-state index is 14.0. The van der Waals surface area contributed by atoms with Crippen LogP contribution in [0.15, 0.2) is 48.5 Å². The summed E-state index contributed by atoms with van der Waals surface area (Å²) >= 11 is 0. The van der Waals surface area contributed by atoms with Gasteiger partial charge in [-0.05, 0) is 48.9 Å². The molecule has 1 N–H and O–H groups in total. The first kappa shape index (κ1) is 20.7. The minimum Gasteiger partial charge on any atom is -0.355 e. The van der Waals surface area contributed by atoms with Crippen LogP contribution in [0.4, 0.5) is 28.9 Å². The van der Waals surface area contributed by atoms with Gasteiger partial charge in [-0.15, -0.1) is 23.4 Å². The van der Waals surface area contributed by atoms with Gasteiger partial charge in [-0.25, -0.2) is 4.39 Å². The van der Waals surface area contributed by atoms with Crippen molar-refractivity contribution < 1.29 is 22.3 Å². The third-order valence-electron chi connectivity index (χ3n) is 4.03. The highest BCUT2D eigenvalue weighted by Gasteiger charge is 2.28. The number of halogens is 4. The van der Waals surface area contributed by atoms with Crippen molar-refractivity contribution in [2.45, 2.75) is 32.4 Å². The summed E-state index contributed by atoms with van der Waals surface area (Å²) in [5.74, 6) is 0.252. The highest BCUT2D eigenvalue weighted by Crippen LogP contribution is 2.30. The average Bonchev–Trinajstić information content (AvgIpc) is 3.09. The summed E-state index contributed by atoms with van der Waals surface area (Å²) in [6, 6.07) is 14.1. The molecule has 6 nitrogen and oxygen atoms in total. The van der Waals surface area contributed by atoms with Crippen LogP contribution in [0.1, 0.15) is 19.4 Å². The summed E-state index contributed by atoms with van der Waals surface area (Å²) in [6.45, 7) is 2.16. The lowest BCUT2D eigenvalue weighted by atomic mass is 10.00. The molecule has 0 atom stereocenters. The molecule has 3 aromatic rings. The van der Waals surface area contributed by atoms with Gasteiger partial charge in [0, 0.05) is 16.9 Å². The van der Waals surface area contributed by atoms with E-state index in [2.05, 4.69) is 25.5 Å². The third-order valence-corrected chi connectivity index (χ3v) is 4.03. The van der Waals surface area contributed by atoms with Crippen molar-refractivity contribution in [3.05, 3.63) is 54.1 Å². The van der Waals surface area contributed by atoms with E-state index in [1.54, 1.807) is 42.5 Å². The lowest BCUT2D eigenvalue weighted by Crippen LogP contribution is -2.18. The smallest absolute Gasteiger partial charge is 0.355 e. The Labute approximate surface area is 164 Å². The van der Waals surface area contributed by atoms with E-state index in [-0.39, 0.29) is 12.4 Å². The zero-order chi connectivity index (χ0) is 21.1. The number of para-hydroxylation sites is 1. The van der Waals surface area contributed by atoms with Gasteiger partial charge in [-0.3, -0.25) is 4.74 Å².